The molecule has 0 saturated carbocycles. The predicted octanol–water partition coefficient (Wildman–Crippen LogP) is 1.19. The molecule has 0 aliphatic carbocycles. The second-order valence-electron chi connectivity index (χ2n) is 4.84. The van der Waals surface area contributed by atoms with Crippen LogP contribution in [0, 0.1) is 0 Å². The summed E-state index contributed by atoms with van der Waals surface area (Å²) >= 11 is 0. The van der Waals surface area contributed by atoms with Gasteiger partial charge in [-0.05, 0) is 33.2 Å². The molecule has 3 heteroatoms. The quantitative estimate of drug-likeness (QED) is 0.696. The van der Waals surface area contributed by atoms with Crippen LogP contribution in [0.15, 0.2) is 0 Å². The summed E-state index contributed by atoms with van der Waals surface area (Å²) in [5.41, 5.74) is 0. The molecule has 2 rings (SSSR count). The molecule has 88 valence electrons. The van der Waals surface area contributed by atoms with Gasteiger partial charge >= 0.3 is 0 Å². The maximum Gasteiger partial charge on any atom is 0.0619 e. The number of piperazine rings is 1. The lowest BCUT2D eigenvalue weighted by Gasteiger charge is -2.40. The van der Waals surface area contributed by atoms with Crippen LogP contribution in [0.25, 0.3) is 0 Å². The normalized spacial score (nSPS) is 30.4. The zero-order valence-electron chi connectivity index (χ0n) is 10.1. The van der Waals surface area contributed by atoms with Crippen molar-refractivity contribution in [3.05, 3.63) is 0 Å². The molecule has 0 bridgehead atoms. The third kappa shape index (κ3) is 2.71. The van der Waals surface area contributed by atoms with Gasteiger partial charge < -0.3 is 4.74 Å². The number of hydrogen-bond donors (Lipinski definition) is 0. The Balaban J connectivity index is 1.78. The van der Waals surface area contributed by atoms with E-state index in [4.69, 9.17) is 4.74 Å². The van der Waals surface area contributed by atoms with E-state index < -0.39 is 0 Å². The fourth-order valence-corrected chi connectivity index (χ4v) is 2.81. The van der Waals surface area contributed by atoms with Crippen LogP contribution in [0.4, 0.5) is 0 Å². The summed E-state index contributed by atoms with van der Waals surface area (Å²) in [6.07, 6.45) is 2.80. The molecule has 2 saturated heterocycles. The average Bonchev–Trinajstić information content (AvgIpc) is 2.72. The highest BCUT2D eigenvalue weighted by Gasteiger charge is 2.31. The van der Waals surface area contributed by atoms with Crippen LogP contribution in [-0.4, -0.2) is 61.3 Å². The number of fused-ring (bicyclic) bond motifs is 1. The first-order valence-electron chi connectivity index (χ1n) is 6.37. The highest BCUT2D eigenvalue weighted by Crippen LogP contribution is 2.22. The summed E-state index contributed by atoms with van der Waals surface area (Å²) in [4.78, 5) is 5.26. The molecule has 0 spiro atoms. The van der Waals surface area contributed by atoms with Gasteiger partial charge in [-0.1, -0.05) is 0 Å². The van der Waals surface area contributed by atoms with Crippen molar-refractivity contribution in [1.29, 1.82) is 0 Å². The minimum Gasteiger partial charge on any atom is -0.380 e. The molecule has 0 radical (unpaired) electrons. The Labute approximate surface area is 93.4 Å². The third-order valence-corrected chi connectivity index (χ3v) is 3.81. The predicted molar refractivity (Wildman–Crippen MR) is 62.1 cm³/mol. The van der Waals surface area contributed by atoms with Crippen LogP contribution in [0.1, 0.15) is 26.7 Å². The number of hydrogen-bond acceptors (Lipinski definition) is 3. The van der Waals surface area contributed by atoms with E-state index in [0.29, 0.717) is 6.04 Å². The Bertz CT molecular complexity index is 198. The molecular weight excluding hydrogens is 188 g/mol. The fraction of sp³-hybridized carbons (Fsp3) is 1.00. The van der Waals surface area contributed by atoms with Crippen molar-refractivity contribution in [2.45, 2.75) is 38.8 Å². The van der Waals surface area contributed by atoms with Gasteiger partial charge in [-0.15, -0.1) is 0 Å². The maximum atomic E-state index is 5.50. The smallest absolute Gasteiger partial charge is 0.0619 e. The minimum atomic E-state index is 0.590. The van der Waals surface area contributed by atoms with Gasteiger partial charge in [-0.25, -0.2) is 0 Å². The summed E-state index contributed by atoms with van der Waals surface area (Å²) in [7, 11) is 0. The van der Waals surface area contributed by atoms with Crippen molar-refractivity contribution >= 4 is 0 Å². The zero-order valence-corrected chi connectivity index (χ0v) is 10.1. The van der Waals surface area contributed by atoms with E-state index in [2.05, 4.69) is 23.6 Å². The van der Waals surface area contributed by atoms with Crippen LogP contribution >= 0.6 is 0 Å². The molecular formula is C12H24N2O. The van der Waals surface area contributed by atoms with Crippen molar-refractivity contribution in [1.82, 2.24) is 9.80 Å². The average molecular weight is 212 g/mol. The molecule has 0 N–H and O–H groups in total. The molecule has 0 aromatic rings. The molecule has 3 nitrogen and oxygen atoms in total. The Hall–Kier alpha value is -0.120. The largest absolute Gasteiger partial charge is 0.380 e. The van der Waals surface area contributed by atoms with Crippen molar-refractivity contribution in [2.75, 3.05) is 39.4 Å². The maximum absolute atomic E-state index is 5.50. The Morgan fingerprint density at radius 2 is 2.20 bits per heavy atom. The Morgan fingerprint density at radius 3 is 3.00 bits per heavy atom. The lowest BCUT2D eigenvalue weighted by molar-refractivity contribution is 0.0299. The number of rotatable bonds is 4. The van der Waals surface area contributed by atoms with Gasteiger partial charge in [0.15, 0.2) is 0 Å². The van der Waals surface area contributed by atoms with Gasteiger partial charge in [0.2, 0.25) is 0 Å². The lowest BCUT2D eigenvalue weighted by Crippen LogP contribution is -2.53. The van der Waals surface area contributed by atoms with E-state index in [1.165, 1.54) is 39.0 Å². The summed E-state index contributed by atoms with van der Waals surface area (Å²) in [6, 6.07) is 1.43. The molecule has 2 fully saturated rings. The highest BCUT2D eigenvalue weighted by molar-refractivity contribution is 4.88. The van der Waals surface area contributed by atoms with Gasteiger partial charge in [0.05, 0.1) is 6.61 Å². The molecule has 2 heterocycles. The van der Waals surface area contributed by atoms with Gasteiger partial charge in [-0.3, -0.25) is 9.80 Å². The van der Waals surface area contributed by atoms with Crippen molar-refractivity contribution in [3.8, 4) is 0 Å². The molecule has 2 aliphatic heterocycles. The molecule has 2 aliphatic rings. The van der Waals surface area contributed by atoms with Crippen molar-refractivity contribution in [3.63, 3.8) is 0 Å². The number of nitrogens with zero attached hydrogens (tertiary/aromatic N) is 2. The van der Waals surface area contributed by atoms with E-state index in [1.54, 1.807) is 0 Å². The van der Waals surface area contributed by atoms with Crippen LogP contribution in [0.2, 0.25) is 0 Å². The minimum absolute atomic E-state index is 0.590. The first-order valence-corrected chi connectivity index (χ1v) is 6.37. The molecule has 2 atom stereocenters. The van der Waals surface area contributed by atoms with E-state index in [9.17, 15) is 0 Å². The second-order valence-corrected chi connectivity index (χ2v) is 4.84. The topological polar surface area (TPSA) is 15.7 Å². The van der Waals surface area contributed by atoms with Gasteiger partial charge in [0, 0.05) is 38.3 Å². The SMILES string of the molecule is CCOCC(C)N1CCN2CCCC2C1. The third-order valence-electron chi connectivity index (χ3n) is 3.81. The monoisotopic (exact) mass is 212 g/mol. The van der Waals surface area contributed by atoms with Crippen LogP contribution in [-0.2, 0) is 4.74 Å². The van der Waals surface area contributed by atoms with Crippen LogP contribution in [0.5, 0.6) is 0 Å². The Morgan fingerprint density at radius 1 is 1.33 bits per heavy atom. The first-order chi connectivity index (χ1) is 7.31. The fourth-order valence-electron chi connectivity index (χ4n) is 2.81. The summed E-state index contributed by atoms with van der Waals surface area (Å²) in [5.74, 6) is 0. The summed E-state index contributed by atoms with van der Waals surface area (Å²) in [6.45, 7) is 11.2. The number of ether oxygens (including phenoxy) is 1. The van der Waals surface area contributed by atoms with E-state index in [1.807, 2.05) is 0 Å². The van der Waals surface area contributed by atoms with E-state index in [-0.39, 0.29) is 0 Å². The van der Waals surface area contributed by atoms with Gasteiger partial charge in [0.25, 0.3) is 0 Å². The molecule has 2 unspecified atom stereocenters. The van der Waals surface area contributed by atoms with E-state index >= 15 is 0 Å². The summed E-state index contributed by atoms with van der Waals surface area (Å²) < 4.78 is 5.50. The molecule has 0 aromatic heterocycles. The summed E-state index contributed by atoms with van der Waals surface area (Å²) in [5, 5.41) is 0. The van der Waals surface area contributed by atoms with Crippen molar-refractivity contribution in [2.24, 2.45) is 0 Å². The van der Waals surface area contributed by atoms with Crippen molar-refractivity contribution < 1.29 is 4.74 Å². The molecule has 15 heavy (non-hydrogen) atoms. The van der Waals surface area contributed by atoms with E-state index in [0.717, 1.165) is 19.3 Å². The van der Waals surface area contributed by atoms with Gasteiger partial charge in [0.1, 0.15) is 0 Å². The second kappa shape index (κ2) is 5.28. The first kappa shape index (κ1) is 11.4. The zero-order chi connectivity index (χ0) is 10.7. The van der Waals surface area contributed by atoms with Gasteiger partial charge in [-0.2, -0.15) is 0 Å². The standard InChI is InChI=1S/C12H24N2O/c1-3-15-10-11(2)14-8-7-13-6-4-5-12(13)9-14/h11-12H,3-10H2,1-2H3. The lowest BCUT2D eigenvalue weighted by atomic mass is 10.1. The van der Waals surface area contributed by atoms with Crippen LogP contribution in [0.3, 0.4) is 0 Å². The molecule has 0 amide bonds. The molecule has 0 aromatic carbocycles. The Kier molecular flexibility index (Phi) is 4.00. The van der Waals surface area contributed by atoms with Crippen LogP contribution < -0.4 is 0 Å². The highest BCUT2D eigenvalue weighted by atomic mass is 16.5.